The summed E-state index contributed by atoms with van der Waals surface area (Å²) in [5.74, 6) is 0.901. The van der Waals surface area contributed by atoms with Gasteiger partial charge in [-0.25, -0.2) is 0 Å². The summed E-state index contributed by atoms with van der Waals surface area (Å²) in [6, 6.07) is 11.0. The van der Waals surface area contributed by atoms with Gasteiger partial charge in [0, 0.05) is 38.8 Å². The molecule has 0 bridgehead atoms. The van der Waals surface area contributed by atoms with Crippen molar-refractivity contribution < 1.29 is 0 Å². The summed E-state index contributed by atoms with van der Waals surface area (Å²) in [7, 11) is 3.80. The fraction of sp³-hybridized carbons (Fsp3) is 0.524. The molecular weight excluding hydrogens is 449 g/mol. The van der Waals surface area contributed by atoms with Crippen molar-refractivity contribution in [2.24, 2.45) is 12.0 Å². The van der Waals surface area contributed by atoms with Crippen molar-refractivity contribution in [3.05, 3.63) is 53.9 Å². The van der Waals surface area contributed by atoms with E-state index in [1.54, 1.807) is 0 Å². The first-order valence-corrected chi connectivity index (χ1v) is 9.69. The Kier molecular flexibility index (Phi) is 8.60. The predicted molar refractivity (Wildman–Crippen MR) is 123 cm³/mol. The average Bonchev–Trinajstić information content (AvgIpc) is 3.32. The standard InChI is InChI=1S/C21H31N5.HI/c1-22-20(23-14-8-9-18-15-25-26(2)16-18)24-17-21(12-6-7-13-21)19-10-4-3-5-11-19;/h3-5,10-11,15-16H,6-9,12-14,17H2,1-2H3,(H2,22,23,24);1H. The summed E-state index contributed by atoms with van der Waals surface area (Å²) in [4.78, 5) is 4.40. The van der Waals surface area contributed by atoms with E-state index in [1.165, 1.54) is 36.8 Å². The zero-order valence-corrected chi connectivity index (χ0v) is 18.8. The lowest BCUT2D eigenvalue weighted by atomic mass is 9.79. The Morgan fingerprint density at radius 3 is 2.56 bits per heavy atom. The van der Waals surface area contributed by atoms with Crippen LogP contribution in [-0.2, 0) is 18.9 Å². The second kappa shape index (κ2) is 10.7. The minimum absolute atomic E-state index is 0. The quantitative estimate of drug-likeness (QED) is 0.275. The zero-order chi connectivity index (χ0) is 18.2. The number of hydrogen-bond donors (Lipinski definition) is 2. The number of rotatable bonds is 7. The Hall–Kier alpha value is -1.57. The van der Waals surface area contributed by atoms with Crippen LogP contribution in [0.4, 0.5) is 0 Å². The SMILES string of the molecule is CN=C(NCCCc1cnn(C)c1)NCC1(c2ccccc2)CCCC1.I. The fourth-order valence-corrected chi connectivity index (χ4v) is 3.98. The van der Waals surface area contributed by atoms with E-state index in [4.69, 9.17) is 0 Å². The van der Waals surface area contributed by atoms with Crippen LogP contribution in [-0.4, -0.2) is 35.9 Å². The molecule has 0 saturated heterocycles. The van der Waals surface area contributed by atoms with Crippen LogP contribution in [0.2, 0.25) is 0 Å². The van der Waals surface area contributed by atoms with Gasteiger partial charge >= 0.3 is 0 Å². The maximum absolute atomic E-state index is 4.40. The highest BCUT2D eigenvalue weighted by atomic mass is 127. The second-order valence-corrected chi connectivity index (χ2v) is 7.33. The molecular formula is C21H32IN5. The average molecular weight is 481 g/mol. The number of aliphatic imine (C=N–C) groups is 1. The van der Waals surface area contributed by atoms with Crippen LogP contribution in [0.1, 0.15) is 43.2 Å². The van der Waals surface area contributed by atoms with E-state index >= 15 is 0 Å². The minimum atomic E-state index is 0. The van der Waals surface area contributed by atoms with Crippen LogP contribution in [0.25, 0.3) is 0 Å². The third kappa shape index (κ3) is 5.96. The number of nitrogens with one attached hydrogen (secondary N) is 2. The molecule has 2 aromatic rings. The Bertz CT molecular complexity index is 704. The van der Waals surface area contributed by atoms with E-state index < -0.39 is 0 Å². The first kappa shape index (κ1) is 21.7. The highest BCUT2D eigenvalue weighted by Gasteiger charge is 2.35. The summed E-state index contributed by atoms with van der Waals surface area (Å²) >= 11 is 0. The molecule has 2 N–H and O–H groups in total. The molecule has 1 aromatic heterocycles. The first-order valence-electron chi connectivity index (χ1n) is 9.69. The maximum atomic E-state index is 4.40. The van der Waals surface area contributed by atoms with Crippen molar-refractivity contribution in [2.75, 3.05) is 20.1 Å². The number of hydrogen-bond acceptors (Lipinski definition) is 2. The van der Waals surface area contributed by atoms with Gasteiger partial charge in [0.15, 0.2) is 5.96 Å². The molecule has 3 rings (SSSR count). The highest BCUT2D eigenvalue weighted by Crippen LogP contribution is 2.40. The summed E-state index contributed by atoms with van der Waals surface area (Å²) < 4.78 is 1.86. The van der Waals surface area contributed by atoms with Crippen LogP contribution in [0.15, 0.2) is 47.7 Å². The van der Waals surface area contributed by atoms with Gasteiger partial charge in [-0.15, -0.1) is 24.0 Å². The topological polar surface area (TPSA) is 54.2 Å². The molecule has 1 fully saturated rings. The van der Waals surface area contributed by atoms with E-state index in [0.717, 1.165) is 31.9 Å². The van der Waals surface area contributed by atoms with Gasteiger partial charge in [-0.2, -0.15) is 5.10 Å². The van der Waals surface area contributed by atoms with Crippen molar-refractivity contribution in [1.29, 1.82) is 0 Å². The molecule has 27 heavy (non-hydrogen) atoms. The van der Waals surface area contributed by atoms with E-state index in [-0.39, 0.29) is 29.4 Å². The number of guanidine groups is 1. The summed E-state index contributed by atoms with van der Waals surface area (Å²) in [6.45, 7) is 1.85. The summed E-state index contributed by atoms with van der Waals surface area (Å²) in [6.07, 6.45) is 11.3. The van der Waals surface area contributed by atoms with E-state index in [0.29, 0.717) is 0 Å². The molecule has 5 nitrogen and oxygen atoms in total. The van der Waals surface area contributed by atoms with Gasteiger partial charge in [0.1, 0.15) is 0 Å². The third-order valence-electron chi connectivity index (χ3n) is 5.46. The normalized spacial score (nSPS) is 16.0. The van der Waals surface area contributed by atoms with Crippen molar-refractivity contribution in [2.45, 2.75) is 43.9 Å². The van der Waals surface area contributed by atoms with Gasteiger partial charge in [-0.1, -0.05) is 43.2 Å². The molecule has 1 aliphatic carbocycles. The van der Waals surface area contributed by atoms with Gasteiger partial charge in [0.05, 0.1) is 6.20 Å². The van der Waals surface area contributed by atoms with Crippen LogP contribution in [0.5, 0.6) is 0 Å². The molecule has 0 unspecified atom stereocenters. The molecule has 1 saturated carbocycles. The number of halogens is 1. The molecule has 1 aliphatic rings. The number of nitrogens with zero attached hydrogens (tertiary/aromatic N) is 3. The fourth-order valence-electron chi connectivity index (χ4n) is 3.98. The molecule has 1 heterocycles. The van der Waals surface area contributed by atoms with Gasteiger partial charge in [-0.3, -0.25) is 9.67 Å². The van der Waals surface area contributed by atoms with Crippen molar-refractivity contribution in [3.8, 4) is 0 Å². The maximum Gasteiger partial charge on any atom is 0.191 e. The van der Waals surface area contributed by atoms with E-state index in [2.05, 4.69) is 57.3 Å². The smallest absolute Gasteiger partial charge is 0.191 e. The molecule has 0 spiro atoms. The summed E-state index contributed by atoms with van der Waals surface area (Å²) in [5.41, 5.74) is 2.98. The molecule has 6 heteroatoms. The van der Waals surface area contributed by atoms with Crippen molar-refractivity contribution in [3.63, 3.8) is 0 Å². The van der Waals surface area contributed by atoms with Crippen LogP contribution in [0, 0.1) is 0 Å². The molecule has 0 radical (unpaired) electrons. The van der Waals surface area contributed by atoms with Gasteiger partial charge in [0.25, 0.3) is 0 Å². The van der Waals surface area contributed by atoms with Crippen LogP contribution >= 0.6 is 24.0 Å². The lowest BCUT2D eigenvalue weighted by Crippen LogP contribution is -2.45. The largest absolute Gasteiger partial charge is 0.356 e. The van der Waals surface area contributed by atoms with Crippen molar-refractivity contribution >= 4 is 29.9 Å². The van der Waals surface area contributed by atoms with E-state index in [9.17, 15) is 0 Å². The zero-order valence-electron chi connectivity index (χ0n) is 16.4. The van der Waals surface area contributed by atoms with Crippen LogP contribution in [0.3, 0.4) is 0 Å². The molecule has 148 valence electrons. The number of benzene rings is 1. The Morgan fingerprint density at radius 1 is 1.19 bits per heavy atom. The van der Waals surface area contributed by atoms with Gasteiger partial charge < -0.3 is 10.6 Å². The molecule has 1 aromatic carbocycles. The minimum Gasteiger partial charge on any atom is -0.356 e. The summed E-state index contributed by atoms with van der Waals surface area (Å²) in [5, 5.41) is 11.2. The lowest BCUT2D eigenvalue weighted by Gasteiger charge is -2.30. The molecule has 0 aliphatic heterocycles. The highest BCUT2D eigenvalue weighted by molar-refractivity contribution is 14.0. The number of aromatic nitrogens is 2. The Labute approximate surface area is 180 Å². The Balaban J connectivity index is 0.00000261. The monoisotopic (exact) mass is 481 g/mol. The Morgan fingerprint density at radius 2 is 1.93 bits per heavy atom. The van der Waals surface area contributed by atoms with Gasteiger partial charge in [0.2, 0.25) is 0 Å². The second-order valence-electron chi connectivity index (χ2n) is 7.33. The molecule has 0 amide bonds. The lowest BCUT2D eigenvalue weighted by molar-refractivity contribution is 0.431. The first-order chi connectivity index (χ1) is 12.7. The van der Waals surface area contributed by atoms with Crippen molar-refractivity contribution in [1.82, 2.24) is 20.4 Å². The van der Waals surface area contributed by atoms with Gasteiger partial charge in [-0.05, 0) is 36.8 Å². The number of aryl methyl sites for hydroxylation is 2. The third-order valence-corrected chi connectivity index (χ3v) is 5.46. The van der Waals surface area contributed by atoms with E-state index in [1.807, 2.05) is 25.0 Å². The van der Waals surface area contributed by atoms with Crippen LogP contribution < -0.4 is 10.6 Å². The molecule has 0 atom stereocenters. The predicted octanol–water partition coefficient (Wildman–Crippen LogP) is 3.65.